The second-order valence-electron chi connectivity index (χ2n) is 2.09. The molecule has 1 fully saturated rings. The van der Waals surface area contributed by atoms with E-state index in [1.807, 2.05) is 0 Å². The molecule has 0 aliphatic heterocycles. The van der Waals surface area contributed by atoms with Gasteiger partial charge in [-0.25, -0.2) is 0 Å². The Labute approximate surface area is 47.7 Å². The van der Waals surface area contributed by atoms with Gasteiger partial charge in [0.05, 0.1) is 0 Å². The molecule has 0 aromatic carbocycles. The van der Waals surface area contributed by atoms with Crippen LogP contribution in [0, 0.1) is 0 Å². The Bertz CT molecular complexity index is 93.2. The summed E-state index contributed by atoms with van der Waals surface area (Å²) in [6.45, 7) is 0. The van der Waals surface area contributed by atoms with Gasteiger partial charge < -0.3 is 5.73 Å². The van der Waals surface area contributed by atoms with Crippen LogP contribution in [0.4, 0.5) is 0 Å². The average molecular weight is 101 g/mol. The van der Waals surface area contributed by atoms with E-state index in [1.165, 1.54) is 0 Å². The first kappa shape index (κ1) is 3.08. The third-order valence-corrected chi connectivity index (χ3v) is 1.38. The summed E-state index contributed by atoms with van der Waals surface area (Å²) < 4.78 is 14.7. The predicted molar refractivity (Wildman–Crippen MR) is 31.1 cm³/mol. The van der Waals surface area contributed by atoms with Crippen LogP contribution in [0.3, 0.4) is 0 Å². The summed E-state index contributed by atoms with van der Waals surface area (Å²) in [5.41, 5.74) is 5.59. The highest BCUT2D eigenvalue weighted by Gasteiger charge is 2.06. The monoisotopic (exact) mass is 101 g/mol. The van der Waals surface area contributed by atoms with Gasteiger partial charge in [0.1, 0.15) is 0 Å². The number of hydrogen-bond acceptors (Lipinski definition) is 1. The van der Waals surface area contributed by atoms with Gasteiger partial charge in [0, 0.05) is 8.78 Å². The van der Waals surface area contributed by atoms with Crippen LogP contribution in [0.1, 0.15) is 34.8 Å². The zero-order valence-corrected chi connectivity index (χ0v) is 4.48. The van der Waals surface area contributed by atoms with Crippen LogP contribution < -0.4 is 5.73 Å². The van der Waals surface area contributed by atoms with E-state index in [2.05, 4.69) is 0 Å². The van der Waals surface area contributed by atoms with Crippen LogP contribution in [0.25, 0.3) is 0 Å². The number of hydrogen-bond donors (Lipinski definition) is 1. The van der Waals surface area contributed by atoms with Crippen molar-refractivity contribution in [3.8, 4) is 0 Å². The zero-order valence-electron chi connectivity index (χ0n) is 6.48. The molecule has 1 aliphatic rings. The summed E-state index contributed by atoms with van der Waals surface area (Å²) in [6.07, 6.45) is 2.08. The fourth-order valence-corrected chi connectivity index (χ4v) is 0.844. The van der Waals surface area contributed by atoms with E-state index in [0.29, 0.717) is 12.8 Å². The van der Waals surface area contributed by atoms with Crippen molar-refractivity contribution in [3.05, 3.63) is 0 Å². The van der Waals surface area contributed by atoms with E-state index in [4.69, 9.17) is 8.48 Å². The van der Waals surface area contributed by atoms with E-state index in [9.17, 15) is 0 Å². The quantitative estimate of drug-likeness (QED) is 0.488. The van der Waals surface area contributed by atoms with Crippen molar-refractivity contribution in [3.63, 3.8) is 0 Å². The number of nitrogens with two attached hydrogens (primary N) is 1. The molecule has 0 spiro atoms. The second kappa shape index (κ2) is 2.31. The molecule has 2 N–H and O–H groups in total. The second-order valence-corrected chi connectivity index (χ2v) is 2.09. The van der Waals surface area contributed by atoms with Crippen LogP contribution in [0.2, 0.25) is 0 Å². The summed E-state index contributed by atoms with van der Waals surface area (Å²) in [5, 5.41) is 0. The first-order valence-electron chi connectivity index (χ1n) is 3.86. The predicted octanol–water partition coefficient (Wildman–Crippen LogP) is 1.28. The molecule has 0 heterocycles. The maximum absolute atomic E-state index is 7.33. The summed E-state index contributed by atoms with van der Waals surface area (Å²) in [6, 6.07) is 0.258. The summed E-state index contributed by atoms with van der Waals surface area (Å²) in [5.74, 6) is 0. The van der Waals surface area contributed by atoms with Gasteiger partial charge in [-0.1, -0.05) is 19.2 Å². The number of rotatable bonds is 0. The Morgan fingerprint density at radius 1 is 1.43 bits per heavy atom. The topological polar surface area (TPSA) is 26.0 Å². The summed E-state index contributed by atoms with van der Waals surface area (Å²) >= 11 is 0. The average Bonchev–Trinajstić information content (AvgIpc) is 1.78. The minimum absolute atomic E-state index is 0.258. The molecule has 1 rings (SSSR count). The van der Waals surface area contributed by atoms with Crippen LogP contribution in [0.15, 0.2) is 0 Å². The van der Waals surface area contributed by atoms with Crippen LogP contribution >= 0.6 is 0 Å². The molecule has 0 unspecified atom stereocenters. The van der Waals surface area contributed by atoms with E-state index in [0.717, 1.165) is 12.8 Å². The molecule has 0 bridgehead atoms. The molecule has 7 heavy (non-hydrogen) atoms. The molecule has 0 aromatic rings. The Balaban J connectivity index is 2.35. The molecular formula is C6H13N. The van der Waals surface area contributed by atoms with Crippen molar-refractivity contribution in [1.82, 2.24) is 0 Å². The Morgan fingerprint density at radius 2 is 2.00 bits per heavy atom. The first-order valence-corrected chi connectivity index (χ1v) is 2.86. The standard InChI is InChI=1S/C6H13N/c7-6-4-2-1-3-5-6/h6H,1-5,7H2/i1D2. The fourth-order valence-electron chi connectivity index (χ4n) is 0.844. The Morgan fingerprint density at radius 3 is 2.43 bits per heavy atom. The SMILES string of the molecule is [2H]C1([2H])CCC(N)CC1. The van der Waals surface area contributed by atoms with Crippen molar-refractivity contribution in [2.45, 2.75) is 38.1 Å². The maximum atomic E-state index is 7.33. The van der Waals surface area contributed by atoms with Crippen LogP contribution in [-0.2, 0) is 0 Å². The molecule has 0 aromatic heterocycles. The van der Waals surface area contributed by atoms with Gasteiger partial charge in [-0.05, 0) is 12.8 Å². The smallest absolute Gasteiger partial charge is 0.0267 e. The third kappa shape index (κ3) is 1.48. The van der Waals surface area contributed by atoms with Gasteiger partial charge in [0.2, 0.25) is 0 Å². The van der Waals surface area contributed by atoms with E-state index < -0.39 is 6.37 Å². The summed E-state index contributed by atoms with van der Waals surface area (Å²) in [7, 11) is 0. The van der Waals surface area contributed by atoms with Gasteiger partial charge in [-0.3, -0.25) is 0 Å². The maximum Gasteiger partial charge on any atom is 0.0267 e. The van der Waals surface area contributed by atoms with Crippen molar-refractivity contribution < 1.29 is 2.74 Å². The Hall–Kier alpha value is -0.0400. The molecule has 0 saturated heterocycles. The van der Waals surface area contributed by atoms with E-state index >= 15 is 0 Å². The molecule has 42 valence electrons. The molecule has 1 aliphatic carbocycles. The molecule has 0 amide bonds. The van der Waals surface area contributed by atoms with Crippen LogP contribution in [-0.4, -0.2) is 6.04 Å². The van der Waals surface area contributed by atoms with Gasteiger partial charge in [-0.2, -0.15) is 0 Å². The first-order chi connectivity index (χ1) is 4.10. The highest BCUT2D eigenvalue weighted by molar-refractivity contribution is 4.66. The van der Waals surface area contributed by atoms with Gasteiger partial charge >= 0.3 is 0 Å². The normalized spacial score (nSPS) is 36.7. The lowest BCUT2D eigenvalue weighted by Crippen LogP contribution is -2.22. The van der Waals surface area contributed by atoms with Gasteiger partial charge in [0.15, 0.2) is 0 Å². The Kier molecular flexibility index (Phi) is 1.02. The lowest BCUT2D eigenvalue weighted by atomic mass is 9.97. The summed E-state index contributed by atoms with van der Waals surface area (Å²) in [4.78, 5) is 0. The molecule has 1 nitrogen and oxygen atoms in total. The lowest BCUT2D eigenvalue weighted by Gasteiger charge is -2.15. The molecule has 1 heteroatoms. The van der Waals surface area contributed by atoms with Gasteiger partial charge in [0.25, 0.3) is 0 Å². The lowest BCUT2D eigenvalue weighted by molar-refractivity contribution is 0.441. The highest BCUT2D eigenvalue weighted by Crippen LogP contribution is 2.14. The van der Waals surface area contributed by atoms with Crippen molar-refractivity contribution in [2.24, 2.45) is 5.73 Å². The molecule has 0 atom stereocenters. The zero-order chi connectivity index (χ0) is 6.91. The highest BCUT2D eigenvalue weighted by atomic mass is 14.6. The molecule has 1 saturated carbocycles. The van der Waals surface area contributed by atoms with E-state index in [1.54, 1.807) is 0 Å². The fraction of sp³-hybridized carbons (Fsp3) is 1.00. The van der Waals surface area contributed by atoms with Crippen LogP contribution in [0.5, 0.6) is 0 Å². The van der Waals surface area contributed by atoms with Crippen molar-refractivity contribution in [1.29, 1.82) is 0 Å². The minimum atomic E-state index is -0.921. The van der Waals surface area contributed by atoms with Gasteiger partial charge in [-0.15, -0.1) is 0 Å². The van der Waals surface area contributed by atoms with Crippen molar-refractivity contribution >= 4 is 0 Å². The largest absolute Gasteiger partial charge is 0.328 e. The third-order valence-electron chi connectivity index (χ3n) is 1.38. The minimum Gasteiger partial charge on any atom is -0.328 e. The molecular weight excluding hydrogens is 86.1 g/mol. The van der Waals surface area contributed by atoms with E-state index in [-0.39, 0.29) is 6.04 Å². The van der Waals surface area contributed by atoms with Crippen molar-refractivity contribution in [2.75, 3.05) is 0 Å². The molecule has 0 radical (unpaired) electrons.